The van der Waals surface area contributed by atoms with Gasteiger partial charge in [0, 0.05) is 23.2 Å². The molecule has 0 bridgehead atoms. The number of rotatable bonds is 5. The number of hydrogen-bond acceptors (Lipinski definition) is 4. The van der Waals surface area contributed by atoms with Crippen molar-refractivity contribution < 1.29 is 32.3 Å². The molecule has 1 aliphatic heterocycles. The quantitative estimate of drug-likeness (QED) is 0.317. The molecule has 0 radical (unpaired) electrons. The van der Waals surface area contributed by atoms with Gasteiger partial charge in [-0.15, -0.1) is 0 Å². The van der Waals surface area contributed by atoms with Crippen LogP contribution in [0.3, 0.4) is 0 Å². The van der Waals surface area contributed by atoms with Crippen molar-refractivity contribution >= 4 is 45.6 Å². The number of hydrogen-bond donors (Lipinski definition) is 3. The minimum atomic E-state index is -4.97. The van der Waals surface area contributed by atoms with E-state index in [4.69, 9.17) is 33.1 Å². The van der Waals surface area contributed by atoms with Gasteiger partial charge < -0.3 is 10.4 Å². The third kappa shape index (κ3) is 4.09. The van der Waals surface area contributed by atoms with Crippen LogP contribution in [0.5, 0.6) is 0 Å². The molecule has 0 spiro atoms. The first-order valence-corrected chi connectivity index (χ1v) is 10.6. The fraction of sp³-hybridized carbons (Fsp3) is 0.174. The summed E-state index contributed by atoms with van der Waals surface area (Å²) in [5.74, 6) is -1.48. The molecule has 34 heavy (non-hydrogen) atoms. The van der Waals surface area contributed by atoms with E-state index in [9.17, 15) is 22.4 Å². The maximum atomic E-state index is 14.3. The second-order valence-corrected chi connectivity index (χ2v) is 8.25. The fourth-order valence-electron chi connectivity index (χ4n) is 3.74. The number of alkyl halides is 3. The van der Waals surface area contributed by atoms with Crippen LogP contribution in [0.4, 0.5) is 17.6 Å². The Morgan fingerprint density at radius 1 is 1.09 bits per heavy atom. The van der Waals surface area contributed by atoms with Gasteiger partial charge in [0.1, 0.15) is 0 Å². The number of carbonyl (C=O) groups excluding carboxylic acids is 1. The first-order valence-electron chi connectivity index (χ1n) is 9.89. The van der Waals surface area contributed by atoms with E-state index in [1.165, 1.54) is 12.1 Å². The summed E-state index contributed by atoms with van der Waals surface area (Å²) in [6.07, 6.45) is -4.15. The molecule has 0 fully saturated rings. The van der Waals surface area contributed by atoms with Gasteiger partial charge in [0.2, 0.25) is 5.60 Å². The molecule has 178 valence electrons. The van der Waals surface area contributed by atoms with Gasteiger partial charge in [0.25, 0.3) is 5.91 Å². The zero-order valence-corrected chi connectivity index (χ0v) is 18.7. The van der Waals surface area contributed by atoms with Gasteiger partial charge in [-0.1, -0.05) is 53.5 Å². The van der Waals surface area contributed by atoms with Crippen molar-refractivity contribution in [3.63, 3.8) is 0 Å². The van der Waals surface area contributed by atoms with Crippen LogP contribution >= 0.6 is 23.2 Å². The van der Waals surface area contributed by atoms with Gasteiger partial charge in [-0.3, -0.25) is 15.1 Å². The third-order valence-electron chi connectivity index (χ3n) is 5.36. The molecule has 0 aliphatic carbocycles. The smallest absolute Gasteiger partial charge is 0.395 e. The summed E-state index contributed by atoms with van der Waals surface area (Å²) in [6, 6.07) is 11.2. The van der Waals surface area contributed by atoms with Crippen molar-refractivity contribution in [3.05, 3.63) is 87.2 Å². The van der Waals surface area contributed by atoms with E-state index in [0.29, 0.717) is 16.3 Å². The van der Waals surface area contributed by atoms with Crippen LogP contribution < -0.4 is 10.8 Å². The molecule has 0 aromatic heterocycles. The van der Waals surface area contributed by atoms with Crippen LogP contribution in [0, 0.1) is 5.82 Å². The fourth-order valence-corrected chi connectivity index (χ4v) is 4.23. The molecule has 3 N–H and O–H groups in total. The largest absolute Gasteiger partial charge is 0.428 e. The molecule has 3 aromatic rings. The number of aliphatic hydroxyl groups is 1. The van der Waals surface area contributed by atoms with Gasteiger partial charge in [-0.05, 0) is 35.0 Å². The summed E-state index contributed by atoms with van der Waals surface area (Å²) < 4.78 is 56.7. The topological polar surface area (TPSA) is 70.6 Å². The van der Waals surface area contributed by atoms with E-state index < -0.39 is 39.1 Å². The summed E-state index contributed by atoms with van der Waals surface area (Å²) in [6.45, 7) is -0.195. The highest BCUT2D eigenvalue weighted by Crippen LogP contribution is 2.49. The Morgan fingerprint density at radius 3 is 2.35 bits per heavy atom. The molecule has 11 heteroatoms. The van der Waals surface area contributed by atoms with Crippen LogP contribution in [0.15, 0.2) is 54.6 Å². The lowest BCUT2D eigenvalue weighted by atomic mass is 9.90. The molecule has 0 saturated heterocycles. The predicted octanol–water partition coefficient (Wildman–Crippen LogP) is 5.34. The monoisotopic (exact) mass is 514 g/mol. The minimum Gasteiger partial charge on any atom is -0.395 e. The average Bonchev–Trinajstić information content (AvgIpc) is 3.26. The summed E-state index contributed by atoms with van der Waals surface area (Å²) in [5.41, 5.74) is -0.588. The summed E-state index contributed by atoms with van der Waals surface area (Å²) in [7, 11) is 0. The molecule has 0 saturated carbocycles. The molecule has 1 amide bonds. The molecule has 1 atom stereocenters. The SMILES string of the molecule is O=C(NCCO)c1ccc(C2=CC(c3cc(Cl)c(F)c(Cl)c3)(C(F)(F)F)ON2)c2ccccc12. The third-order valence-corrected chi connectivity index (χ3v) is 5.91. The Balaban J connectivity index is 1.87. The molecule has 1 unspecified atom stereocenters. The van der Waals surface area contributed by atoms with E-state index in [1.807, 2.05) is 0 Å². The highest BCUT2D eigenvalue weighted by molar-refractivity contribution is 6.35. The minimum absolute atomic E-state index is 0.0209. The number of benzene rings is 3. The molecule has 3 aromatic carbocycles. The zero-order valence-electron chi connectivity index (χ0n) is 17.1. The Labute approximate surface area is 200 Å². The van der Waals surface area contributed by atoms with Crippen molar-refractivity contribution in [2.45, 2.75) is 11.8 Å². The van der Waals surface area contributed by atoms with Gasteiger partial charge in [-0.25, -0.2) is 4.39 Å². The zero-order chi connectivity index (χ0) is 24.7. The number of aliphatic hydroxyl groups excluding tert-OH is 1. The van der Waals surface area contributed by atoms with Crippen LogP contribution in [-0.4, -0.2) is 30.3 Å². The number of fused-ring (bicyclic) bond motifs is 1. The Hall–Kier alpha value is -2.85. The van der Waals surface area contributed by atoms with Crippen LogP contribution in [0.2, 0.25) is 10.0 Å². The number of nitrogens with one attached hydrogen (secondary N) is 2. The highest BCUT2D eigenvalue weighted by Gasteiger charge is 2.60. The van der Waals surface area contributed by atoms with E-state index in [0.717, 1.165) is 18.2 Å². The molecule has 1 heterocycles. The summed E-state index contributed by atoms with van der Waals surface area (Å²) in [4.78, 5) is 17.6. The Bertz CT molecular complexity index is 1290. The van der Waals surface area contributed by atoms with Crippen LogP contribution in [-0.2, 0) is 10.4 Å². The van der Waals surface area contributed by atoms with Crippen LogP contribution in [0.1, 0.15) is 21.5 Å². The van der Waals surface area contributed by atoms with E-state index in [1.54, 1.807) is 24.3 Å². The molecular formula is C23H16Cl2F4N2O3. The number of carbonyl (C=O) groups is 1. The van der Waals surface area contributed by atoms with Crippen molar-refractivity contribution in [2.24, 2.45) is 0 Å². The lowest BCUT2D eigenvalue weighted by Gasteiger charge is -2.28. The molecule has 1 aliphatic rings. The number of hydroxylamine groups is 1. The number of halogens is 6. The standard InChI is InChI=1S/C23H16Cl2F4N2O3/c24-17-9-12(10-18(25)20(17)26)22(23(27,28)29)11-19(31-34-22)15-5-6-16(21(33)30-7-8-32)14-4-2-1-3-13(14)15/h1-6,9-11,31-32H,7-8H2,(H,30,33). The lowest BCUT2D eigenvalue weighted by molar-refractivity contribution is -0.269. The molecule has 5 nitrogen and oxygen atoms in total. The predicted molar refractivity (Wildman–Crippen MR) is 120 cm³/mol. The van der Waals surface area contributed by atoms with Crippen LogP contribution in [0.25, 0.3) is 16.5 Å². The van der Waals surface area contributed by atoms with E-state index in [2.05, 4.69) is 10.8 Å². The second-order valence-electron chi connectivity index (χ2n) is 7.44. The van der Waals surface area contributed by atoms with E-state index >= 15 is 0 Å². The summed E-state index contributed by atoms with van der Waals surface area (Å²) in [5, 5.41) is 11.3. The van der Waals surface area contributed by atoms with Gasteiger partial charge >= 0.3 is 6.18 Å². The maximum absolute atomic E-state index is 14.3. The van der Waals surface area contributed by atoms with Crippen molar-refractivity contribution in [1.29, 1.82) is 0 Å². The van der Waals surface area contributed by atoms with Crippen molar-refractivity contribution in [2.75, 3.05) is 13.2 Å². The van der Waals surface area contributed by atoms with Gasteiger partial charge in [0.05, 0.1) is 22.3 Å². The second kappa shape index (κ2) is 9.07. The lowest BCUT2D eigenvalue weighted by Crippen LogP contribution is -2.42. The van der Waals surface area contributed by atoms with Gasteiger partial charge in [0.15, 0.2) is 5.82 Å². The molecular weight excluding hydrogens is 499 g/mol. The normalized spacial score (nSPS) is 18.0. The average molecular weight is 515 g/mol. The van der Waals surface area contributed by atoms with E-state index in [-0.39, 0.29) is 24.4 Å². The maximum Gasteiger partial charge on any atom is 0.428 e. The van der Waals surface area contributed by atoms with Gasteiger partial charge in [-0.2, -0.15) is 13.2 Å². The molecule has 4 rings (SSSR count). The first-order chi connectivity index (χ1) is 16.1. The first kappa shape index (κ1) is 24.3. The van der Waals surface area contributed by atoms with Crippen molar-refractivity contribution in [1.82, 2.24) is 10.8 Å². The number of amides is 1. The Kier molecular flexibility index (Phi) is 6.48. The van der Waals surface area contributed by atoms with Crippen molar-refractivity contribution in [3.8, 4) is 0 Å². The Morgan fingerprint density at radius 2 is 1.74 bits per heavy atom. The summed E-state index contributed by atoms with van der Waals surface area (Å²) >= 11 is 11.5. The highest BCUT2D eigenvalue weighted by atomic mass is 35.5.